The van der Waals surface area contributed by atoms with Crippen molar-refractivity contribution >= 4 is 0 Å². The Kier molecular flexibility index (Phi) is 17.9. The first-order valence-corrected chi connectivity index (χ1v) is 9.66. The molecule has 0 aromatic carbocycles. The topological polar surface area (TPSA) is 21.3 Å². The predicted molar refractivity (Wildman–Crippen MR) is 95.0 cm³/mol. The summed E-state index contributed by atoms with van der Waals surface area (Å²) in [6, 6.07) is 0.565. The van der Waals surface area contributed by atoms with Gasteiger partial charge in [-0.25, -0.2) is 0 Å². The Hall–Kier alpha value is -0.0800. The van der Waals surface area contributed by atoms with Gasteiger partial charge in [0.15, 0.2) is 0 Å². The second kappa shape index (κ2) is 18.0. The highest BCUT2D eigenvalue weighted by molar-refractivity contribution is 4.65. The van der Waals surface area contributed by atoms with Crippen molar-refractivity contribution in [1.29, 1.82) is 0 Å². The molecule has 2 heteroatoms. The van der Waals surface area contributed by atoms with E-state index in [0.717, 1.165) is 26.2 Å². The van der Waals surface area contributed by atoms with E-state index in [9.17, 15) is 0 Å². The van der Waals surface area contributed by atoms with Gasteiger partial charge in [0.2, 0.25) is 0 Å². The smallest absolute Gasteiger partial charge is 0.0619 e. The van der Waals surface area contributed by atoms with Crippen LogP contribution in [-0.2, 0) is 4.74 Å². The van der Waals surface area contributed by atoms with E-state index in [1.54, 1.807) is 0 Å². The lowest BCUT2D eigenvalue weighted by Gasteiger charge is -2.17. The summed E-state index contributed by atoms with van der Waals surface area (Å²) in [5.41, 5.74) is 0. The van der Waals surface area contributed by atoms with E-state index in [1.165, 1.54) is 70.6 Å². The van der Waals surface area contributed by atoms with Gasteiger partial charge in [0, 0.05) is 12.6 Å². The van der Waals surface area contributed by atoms with Gasteiger partial charge in [-0.2, -0.15) is 0 Å². The van der Waals surface area contributed by atoms with Crippen molar-refractivity contribution in [3.63, 3.8) is 0 Å². The Morgan fingerprint density at radius 3 is 1.81 bits per heavy atom. The molecule has 0 spiro atoms. The molecule has 0 aliphatic rings. The van der Waals surface area contributed by atoms with E-state index in [4.69, 9.17) is 4.74 Å². The van der Waals surface area contributed by atoms with Crippen LogP contribution in [-0.4, -0.2) is 25.8 Å². The number of rotatable bonds is 17. The predicted octanol–water partition coefficient (Wildman–Crippen LogP) is 5.70. The minimum Gasteiger partial charge on any atom is -0.380 e. The zero-order valence-electron chi connectivity index (χ0n) is 15.1. The summed E-state index contributed by atoms with van der Waals surface area (Å²) in [6.07, 6.45) is 16.6. The van der Waals surface area contributed by atoms with Crippen molar-refractivity contribution in [2.75, 3.05) is 19.8 Å². The molecule has 0 aromatic heterocycles. The van der Waals surface area contributed by atoms with Crippen LogP contribution in [0, 0.1) is 0 Å². The van der Waals surface area contributed by atoms with Crippen LogP contribution in [0.3, 0.4) is 0 Å². The van der Waals surface area contributed by atoms with Crippen LogP contribution in [0.4, 0.5) is 0 Å². The Bertz CT molecular complexity index is 184. The number of ether oxygens (including phenoxy) is 1. The molecule has 1 atom stereocenters. The fourth-order valence-electron chi connectivity index (χ4n) is 2.78. The van der Waals surface area contributed by atoms with Gasteiger partial charge in [0.25, 0.3) is 0 Å². The molecule has 0 amide bonds. The second-order valence-corrected chi connectivity index (χ2v) is 6.30. The molecule has 0 rings (SSSR count). The Morgan fingerprint density at radius 1 is 0.714 bits per heavy atom. The monoisotopic (exact) mass is 299 g/mol. The van der Waals surface area contributed by atoms with Crippen molar-refractivity contribution in [2.45, 2.75) is 104 Å². The quantitative estimate of drug-likeness (QED) is 0.348. The van der Waals surface area contributed by atoms with Gasteiger partial charge in [0.1, 0.15) is 0 Å². The Balaban J connectivity index is 3.32. The van der Waals surface area contributed by atoms with Gasteiger partial charge >= 0.3 is 0 Å². The maximum absolute atomic E-state index is 5.68. The van der Waals surface area contributed by atoms with Gasteiger partial charge in [-0.3, -0.25) is 0 Å². The molecule has 1 unspecified atom stereocenters. The Morgan fingerprint density at radius 2 is 1.29 bits per heavy atom. The second-order valence-electron chi connectivity index (χ2n) is 6.30. The molecule has 0 fully saturated rings. The SMILES string of the molecule is CCCCCCCCCCCCC(COCCC)NCC. The number of unbranched alkanes of at least 4 members (excludes halogenated alkanes) is 9. The van der Waals surface area contributed by atoms with Crippen LogP contribution in [0.15, 0.2) is 0 Å². The highest BCUT2D eigenvalue weighted by Crippen LogP contribution is 2.12. The molecule has 0 aliphatic heterocycles. The highest BCUT2D eigenvalue weighted by atomic mass is 16.5. The molecule has 0 bridgehead atoms. The van der Waals surface area contributed by atoms with E-state index in [2.05, 4.69) is 26.1 Å². The van der Waals surface area contributed by atoms with Crippen molar-refractivity contribution in [3.05, 3.63) is 0 Å². The van der Waals surface area contributed by atoms with E-state index < -0.39 is 0 Å². The van der Waals surface area contributed by atoms with Crippen molar-refractivity contribution in [2.24, 2.45) is 0 Å². The molecule has 0 heterocycles. The molecular formula is C19H41NO. The zero-order chi connectivity index (χ0) is 15.6. The highest BCUT2D eigenvalue weighted by Gasteiger charge is 2.06. The van der Waals surface area contributed by atoms with Gasteiger partial charge in [-0.1, -0.05) is 85.0 Å². The maximum Gasteiger partial charge on any atom is 0.0619 e. The summed E-state index contributed by atoms with van der Waals surface area (Å²) < 4.78 is 5.68. The fourth-order valence-corrected chi connectivity index (χ4v) is 2.78. The molecule has 1 N–H and O–H groups in total. The lowest BCUT2D eigenvalue weighted by Crippen LogP contribution is -2.33. The molecule has 0 saturated carbocycles. The maximum atomic E-state index is 5.68. The van der Waals surface area contributed by atoms with Gasteiger partial charge in [-0.05, 0) is 19.4 Å². The largest absolute Gasteiger partial charge is 0.380 e. The van der Waals surface area contributed by atoms with Crippen LogP contribution in [0.2, 0.25) is 0 Å². The lowest BCUT2D eigenvalue weighted by atomic mass is 10.0. The molecule has 2 nitrogen and oxygen atoms in total. The third kappa shape index (κ3) is 16.1. The van der Waals surface area contributed by atoms with Crippen molar-refractivity contribution < 1.29 is 4.74 Å². The van der Waals surface area contributed by atoms with Crippen LogP contribution in [0.5, 0.6) is 0 Å². The summed E-state index contributed by atoms with van der Waals surface area (Å²) in [5, 5.41) is 3.55. The third-order valence-corrected chi connectivity index (χ3v) is 4.07. The van der Waals surface area contributed by atoms with E-state index in [1.807, 2.05) is 0 Å². The van der Waals surface area contributed by atoms with E-state index in [0.29, 0.717) is 6.04 Å². The first kappa shape index (κ1) is 20.9. The summed E-state index contributed by atoms with van der Waals surface area (Å²) in [5.74, 6) is 0. The first-order chi connectivity index (χ1) is 10.3. The Labute approximate surface area is 134 Å². The van der Waals surface area contributed by atoms with Crippen LogP contribution < -0.4 is 5.32 Å². The summed E-state index contributed by atoms with van der Waals surface area (Å²) in [4.78, 5) is 0. The van der Waals surface area contributed by atoms with Crippen molar-refractivity contribution in [3.8, 4) is 0 Å². The zero-order valence-corrected chi connectivity index (χ0v) is 15.1. The molecule has 0 saturated heterocycles. The van der Waals surface area contributed by atoms with Gasteiger partial charge < -0.3 is 10.1 Å². The molecule has 0 radical (unpaired) electrons. The third-order valence-electron chi connectivity index (χ3n) is 4.07. The van der Waals surface area contributed by atoms with Crippen LogP contribution >= 0.6 is 0 Å². The van der Waals surface area contributed by atoms with Crippen LogP contribution in [0.25, 0.3) is 0 Å². The number of likely N-dealkylation sites (N-methyl/N-ethyl adjacent to an activating group) is 1. The number of hydrogen-bond acceptors (Lipinski definition) is 2. The standard InChI is InChI=1S/C19H41NO/c1-4-7-8-9-10-11-12-13-14-15-16-19(20-6-3)18-21-17-5-2/h19-20H,4-18H2,1-3H3. The average molecular weight is 300 g/mol. The number of nitrogens with one attached hydrogen (secondary N) is 1. The molecule has 0 aromatic rings. The van der Waals surface area contributed by atoms with Gasteiger partial charge in [-0.15, -0.1) is 0 Å². The normalized spacial score (nSPS) is 12.7. The minimum atomic E-state index is 0.565. The molecular weight excluding hydrogens is 258 g/mol. The molecule has 21 heavy (non-hydrogen) atoms. The lowest BCUT2D eigenvalue weighted by molar-refractivity contribution is 0.109. The summed E-state index contributed by atoms with van der Waals surface area (Å²) in [6.45, 7) is 9.49. The van der Waals surface area contributed by atoms with Gasteiger partial charge in [0.05, 0.1) is 6.61 Å². The average Bonchev–Trinajstić information content (AvgIpc) is 2.49. The number of hydrogen-bond donors (Lipinski definition) is 1. The van der Waals surface area contributed by atoms with E-state index in [-0.39, 0.29) is 0 Å². The molecule has 0 aliphatic carbocycles. The van der Waals surface area contributed by atoms with E-state index >= 15 is 0 Å². The summed E-state index contributed by atoms with van der Waals surface area (Å²) in [7, 11) is 0. The summed E-state index contributed by atoms with van der Waals surface area (Å²) >= 11 is 0. The van der Waals surface area contributed by atoms with Crippen LogP contribution in [0.1, 0.15) is 97.8 Å². The minimum absolute atomic E-state index is 0.565. The fraction of sp³-hybridized carbons (Fsp3) is 1.00. The van der Waals surface area contributed by atoms with Crippen molar-refractivity contribution in [1.82, 2.24) is 5.32 Å². The first-order valence-electron chi connectivity index (χ1n) is 9.66. The molecule has 128 valence electrons.